The van der Waals surface area contributed by atoms with E-state index in [4.69, 9.17) is 5.11 Å². The van der Waals surface area contributed by atoms with Crippen LogP contribution in [0.25, 0.3) is 0 Å². The molecule has 0 bridgehead atoms. The lowest BCUT2D eigenvalue weighted by Gasteiger charge is -2.32. The third-order valence-corrected chi connectivity index (χ3v) is 5.23. The van der Waals surface area contributed by atoms with Gasteiger partial charge in [0.05, 0.1) is 5.41 Å². The highest BCUT2D eigenvalue weighted by molar-refractivity contribution is 5.73. The van der Waals surface area contributed by atoms with E-state index in [0.717, 1.165) is 13.0 Å². The van der Waals surface area contributed by atoms with Gasteiger partial charge in [0.2, 0.25) is 0 Å². The van der Waals surface area contributed by atoms with Crippen LogP contribution in [0.4, 0.5) is 0 Å². The summed E-state index contributed by atoms with van der Waals surface area (Å²) in [4.78, 5) is 11.1. The minimum Gasteiger partial charge on any atom is -0.481 e. The lowest BCUT2D eigenvalue weighted by Crippen LogP contribution is -2.41. The molecule has 0 saturated heterocycles. The van der Waals surface area contributed by atoms with E-state index in [-0.39, 0.29) is 0 Å². The molecule has 0 heterocycles. The number of aliphatic carboxylic acids is 1. The quantitative estimate of drug-likeness (QED) is 0.791. The van der Waals surface area contributed by atoms with Crippen LogP contribution in [0.2, 0.25) is 0 Å². The normalized spacial score (nSPS) is 26.9. The zero-order valence-corrected chi connectivity index (χ0v) is 11.8. The van der Waals surface area contributed by atoms with Crippen molar-refractivity contribution in [3.8, 4) is 0 Å². The van der Waals surface area contributed by atoms with Crippen molar-refractivity contribution in [3.05, 3.63) is 0 Å². The fourth-order valence-corrected chi connectivity index (χ4v) is 3.80. The predicted octanol–water partition coefficient (Wildman–Crippen LogP) is 3.19. The van der Waals surface area contributed by atoms with Gasteiger partial charge in [0.15, 0.2) is 0 Å². The average molecular weight is 253 g/mol. The van der Waals surface area contributed by atoms with E-state index in [1.54, 1.807) is 0 Å². The molecule has 2 fully saturated rings. The topological polar surface area (TPSA) is 49.3 Å². The van der Waals surface area contributed by atoms with Crippen molar-refractivity contribution in [2.75, 3.05) is 6.54 Å². The third-order valence-electron chi connectivity index (χ3n) is 5.23. The first kappa shape index (κ1) is 13.9. The van der Waals surface area contributed by atoms with Crippen molar-refractivity contribution in [1.29, 1.82) is 0 Å². The zero-order valence-electron chi connectivity index (χ0n) is 11.8. The molecule has 1 spiro atoms. The highest BCUT2D eigenvalue weighted by Gasteiger charge is 2.44. The summed E-state index contributed by atoms with van der Waals surface area (Å²) in [6.07, 6.45) is 10.3. The number of hydrogen-bond acceptors (Lipinski definition) is 2. The minimum absolute atomic E-state index is 0.563. The molecule has 2 saturated carbocycles. The van der Waals surface area contributed by atoms with Crippen molar-refractivity contribution < 1.29 is 9.90 Å². The van der Waals surface area contributed by atoms with Gasteiger partial charge in [0.25, 0.3) is 0 Å². The van der Waals surface area contributed by atoms with Crippen LogP contribution < -0.4 is 5.32 Å². The molecule has 2 aliphatic carbocycles. The van der Waals surface area contributed by atoms with Gasteiger partial charge in [0, 0.05) is 6.04 Å². The monoisotopic (exact) mass is 253 g/mol. The molecule has 2 N–H and O–H groups in total. The Labute approximate surface area is 110 Å². The van der Waals surface area contributed by atoms with Crippen LogP contribution in [-0.4, -0.2) is 23.7 Å². The highest BCUT2D eigenvalue weighted by Crippen LogP contribution is 2.50. The van der Waals surface area contributed by atoms with Gasteiger partial charge in [-0.3, -0.25) is 4.79 Å². The number of carbonyl (C=O) groups is 1. The van der Waals surface area contributed by atoms with Crippen LogP contribution in [0.3, 0.4) is 0 Å². The Balaban J connectivity index is 1.81. The lowest BCUT2D eigenvalue weighted by atomic mass is 9.80. The lowest BCUT2D eigenvalue weighted by molar-refractivity contribution is -0.147. The van der Waals surface area contributed by atoms with Gasteiger partial charge < -0.3 is 10.4 Å². The number of carboxylic acids is 1. The van der Waals surface area contributed by atoms with E-state index < -0.39 is 11.4 Å². The Morgan fingerprint density at radius 2 is 1.89 bits per heavy atom. The van der Waals surface area contributed by atoms with Gasteiger partial charge in [0.1, 0.15) is 0 Å². The summed E-state index contributed by atoms with van der Waals surface area (Å²) >= 11 is 0. The minimum atomic E-state index is -0.689. The largest absolute Gasteiger partial charge is 0.481 e. The number of carboxylic acid groups (broad SMARTS) is 1. The van der Waals surface area contributed by atoms with Crippen molar-refractivity contribution >= 4 is 5.97 Å². The van der Waals surface area contributed by atoms with Gasteiger partial charge in [-0.05, 0) is 57.9 Å². The Morgan fingerprint density at radius 1 is 1.28 bits per heavy atom. The first-order valence-corrected chi connectivity index (χ1v) is 7.43. The summed E-state index contributed by atoms with van der Waals surface area (Å²) in [6.45, 7) is 4.47. The van der Waals surface area contributed by atoms with Crippen molar-refractivity contribution in [2.24, 2.45) is 10.8 Å². The van der Waals surface area contributed by atoms with E-state index in [0.29, 0.717) is 11.5 Å². The third kappa shape index (κ3) is 2.71. The number of rotatable bonds is 5. The first-order valence-electron chi connectivity index (χ1n) is 7.43. The van der Waals surface area contributed by atoms with Crippen LogP contribution in [-0.2, 0) is 4.79 Å². The molecule has 0 aromatic heterocycles. The summed E-state index contributed by atoms with van der Waals surface area (Å²) in [6, 6.07) is 0.643. The Bertz CT molecular complexity index is 300. The summed E-state index contributed by atoms with van der Waals surface area (Å²) in [5.41, 5.74) is -0.0399. The maximum Gasteiger partial charge on any atom is 0.309 e. The summed E-state index contributed by atoms with van der Waals surface area (Å²) < 4.78 is 0. The van der Waals surface area contributed by atoms with Crippen molar-refractivity contribution in [2.45, 2.75) is 71.3 Å². The molecule has 0 radical (unpaired) electrons. The van der Waals surface area contributed by atoms with E-state index in [2.05, 4.69) is 5.32 Å². The van der Waals surface area contributed by atoms with Crippen LogP contribution in [0.15, 0.2) is 0 Å². The summed E-state index contributed by atoms with van der Waals surface area (Å²) in [5, 5.41) is 12.8. The standard InChI is InChI=1S/C15H27NO2/c1-14(2,13(17)18)10-11-16-12-6-5-9-15(12)7-3-4-8-15/h12,16H,3-11H2,1-2H3,(H,17,18). The zero-order chi connectivity index (χ0) is 13.2. The van der Waals surface area contributed by atoms with Gasteiger partial charge in [-0.25, -0.2) is 0 Å². The molecule has 0 aromatic rings. The summed E-state index contributed by atoms with van der Waals surface area (Å²) in [7, 11) is 0. The molecule has 2 rings (SSSR count). The van der Waals surface area contributed by atoms with Crippen LogP contribution in [0.5, 0.6) is 0 Å². The number of nitrogens with one attached hydrogen (secondary N) is 1. The SMILES string of the molecule is CC(C)(CCNC1CCCC12CCCC2)C(=O)O. The van der Waals surface area contributed by atoms with E-state index >= 15 is 0 Å². The second-order valence-corrected chi connectivity index (χ2v) is 6.91. The number of hydrogen-bond donors (Lipinski definition) is 2. The van der Waals surface area contributed by atoms with E-state index in [1.165, 1.54) is 44.9 Å². The molecule has 1 atom stereocenters. The first-order chi connectivity index (χ1) is 8.46. The van der Waals surface area contributed by atoms with Crippen LogP contribution >= 0.6 is 0 Å². The summed E-state index contributed by atoms with van der Waals surface area (Å²) in [5.74, 6) is -0.689. The van der Waals surface area contributed by atoms with Crippen molar-refractivity contribution in [1.82, 2.24) is 5.32 Å². The molecule has 0 amide bonds. The van der Waals surface area contributed by atoms with E-state index in [1.807, 2.05) is 13.8 Å². The van der Waals surface area contributed by atoms with Gasteiger partial charge in [-0.2, -0.15) is 0 Å². The molecule has 1 unspecified atom stereocenters. The molecule has 2 aliphatic rings. The Hall–Kier alpha value is -0.570. The molecule has 18 heavy (non-hydrogen) atoms. The molecular weight excluding hydrogens is 226 g/mol. The highest BCUT2D eigenvalue weighted by atomic mass is 16.4. The molecular formula is C15H27NO2. The maximum atomic E-state index is 11.1. The van der Waals surface area contributed by atoms with Gasteiger partial charge in [-0.15, -0.1) is 0 Å². The molecule has 3 heteroatoms. The molecule has 0 aliphatic heterocycles. The molecule has 104 valence electrons. The second kappa shape index (κ2) is 5.20. The Morgan fingerprint density at radius 3 is 2.50 bits per heavy atom. The average Bonchev–Trinajstić information content (AvgIpc) is 2.91. The Kier molecular flexibility index (Phi) is 4.00. The predicted molar refractivity (Wildman–Crippen MR) is 72.6 cm³/mol. The van der Waals surface area contributed by atoms with Gasteiger partial charge in [-0.1, -0.05) is 19.3 Å². The fraction of sp³-hybridized carbons (Fsp3) is 0.933. The molecule has 3 nitrogen and oxygen atoms in total. The van der Waals surface area contributed by atoms with Crippen LogP contribution in [0.1, 0.15) is 65.2 Å². The van der Waals surface area contributed by atoms with E-state index in [9.17, 15) is 4.79 Å². The van der Waals surface area contributed by atoms with Crippen molar-refractivity contribution in [3.63, 3.8) is 0 Å². The molecule has 0 aromatic carbocycles. The second-order valence-electron chi connectivity index (χ2n) is 6.91. The smallest absolute Gasteiger partial charge is 0.309 e. The van der Waals surface area contributed by atoms with Gasteiger partial charge >= 0.3 is 5.97 Å². The fourth-order valence-electron chi connectivity index (χ4n) is 3.80. The maximum absolute atomic E-state index is 11.1. The van der Waals surface area contributed by atoms with Crippen LogP contribution in [0, 0.1) is 10.8 Å².